The normalized spacial score (nSPS) is 14.6. The van der Waals surface area contributed by atoms with Crippen molar-refractivity contribution in [3.8, 4) is 0 Å². The first kappa shape index (κ1) is 24.0. The van der Waals surface area contributed by atoms with Crippen molar-refractivity contribution >= 4 is 39.1 Å². The summed E-state index contributed by atoms with van der Waals surface area (Å²) in [5.74, 6) is -0.377. The van der Waals surface area contributed by atoms with Gasteiger partial charge >= 0.3 is 6.18 Å². The highest BCUT2D eigenvalue weighted by Crippen LogP contribution is 2.32. The summed E-state index contributed by atoms with van der Waals surface area (Å²) >= 11 is 3.38. The van der Waals surface area contributed by atoms with Crippen LogP contribution in [0, 0.1) is 5.82 Å². The predicted molar refractivity (Wildman–Crippen MR) is 120 cm³/mol. The van der Waals surface area contributed by atoms with Gasteiger partial charge in [0.1, 0.15) is 6.54 Å². The Bertz CT molecular complexity index is 1190. The highest BCUT2D eigenvalue weighted by atomic mass is 79.9. The number of alkyl halides is 3. The maximum Gasteiger partial charge on any atom is 0.416 e. The topological polar surface area (TPSA) is 87.9 Å². The summed E-state index contributed by atoms with van der Waals surface area (Å²) in [5, 5.41) is 10.9. The fourth-order valence-electron chi connectivity index (χ4n) is 3.14. The average molecular weight is 540 g/mol. The van der Waals surface area contributed by atoms with Crippen molar-refractivity contribution in [2.24, 2.45) is 10.2 Å². The van der Waals surface area contributed by atoms with Gasteiger partial charge in [0.05, 0.1) is 42.6 Å². The largest absolute Gasteiger partial charge is 0.416 e. The molecular weight excluding hydrogens is 522 g/mol. The lowest BCUT2D eigenvalue weighted by molar-refractivity contribution is -0.137. The Morgan fingerprint density at radius 3 is 2.65 bits per heavy atom. The third-order valence-electron chi connectivity index (χ3n) is 4.80. The van der Waals surface area contributed by atoms with E-state index in [9.17, 15) is 17.6 Å². The van der Waals surface area contributed by atoms with Crippen molar-refractivity contribution in [3.05, 3.63) is 64.3 Å². The Hall–Kier alpha value is -3.19. The van der Waals surface area contributed by atoms with Crippen LogP contribution in [0.15, 0.2) is 57.4 Å². The molecule has 1 aromatic carbocycles. The SMILES string of the molecule is Fc1cnc(N=NCc2cc(Br)c(Nc3cccc(C(F)(F)F)c3)cn2)nc1N1CCOCC1. The molecule has 3 aromatic rings. The summed E-state index contributed by atoms with van der Waals surface area (Å²) in [5.41, 5.74) is 0.547. The second-order valence-corrected chi connectivity index (χ2v) is 8.05. The van der Waals surface area contributed by atoms with Crippen LogP contribution in [-0.4, -0.2) is 41.3 Å². The molecule has 0 amide bonds. The molecule has 1 aliphatic rings. The zero-order valence-corrected chi connectivity index (χ0v) is 19.1. The Morgan fingerprint density at radius 2 is 1.91 bits per heavy atom. The van der Waals surface area contributed by atoms with E-state index < -0.39 is 17.6 Å². The van der Waals surface area contributed by atoms with E-state index in [-0.39, 0.29) is 24.0 Å². The molecule has 13 heteroatoms. The molecule has 1 fully saturated rings. The minimum atomic E-state index is -4.43. The summed E-state index contributed by atoms with van der Waals surface area (Å²) in [7, 11) is 0. The zero-order chi connectivity index (χ0) is 24.1. The lowest BCUT2D eigenvalue weighted by atomic mass is 10.2. The van der Waals surface area contributed by atoms with Gasteiger partial charge in [-0.25, -0.2) is 9.37 Å². The van der Waals surface area contributed by atoms with E-state index in [0.29, 0.717) is 42.2 Å². The van der Waals surface area contributed by atoms with E-state index in [4.69, 9.17) is 4.74 Å². The quantitative estimate of drug-likeness (QED) is 0.321. The summed E-state index contributed by atoms with van der Waals surface area (Å²) in [6.45, 7) is 2.10. The summed E-state index contributed by atoms with van der Waals surface area (Å²) in [4.78, 5) is 14.0. The fraction of sp³-hybridized carbons (Fsp3) is 0.286. The number of hydrogen-bond donors (Lipinski definition) is 1. The van der Waals surface area contributed by atoms with E-state index in [2.05, 4.69) is 46.4 Å². The van der Waals surface area contributed by atoms with Gasteiger partial charge in [-0.3, -0.25) is 4.98 Å². The summed E-state index contributed by atoms with van der Waals surface area (Å²) < 4.78 is 58.7. The third-order valence-corrected chi connectivity index (χ3v) is 5.45. The van der Waals surface area contributed by atoms with Crippen molar-refractivity contribution in [1.82, 2.24) is 15.0 Å². The maximum absolute atomic E-state index is 14.1. The molecule has 1 saturated heterocycles. The number of pyridine rings is 1. The molecule has 0 aliphatic carbocycles. The minimum absolute atomic E-state index is 0.0183. The summed E-state index contributed by atoms with van der Waals surface area (Å²) in [6, 6.07) is 6.53. The van der Waals surface area contributed by atoms with Crippen LogP contribution < -0.4 is 10.2 Å². The van der Waals surface area contributed by atoms with Gasteiger partial charge in [-0.15, -0.1) is 5.11 Å². The molecule has 3 heterocycles. The third kappa shape index (κ3) is 6.03. The molecular formula is C21H18BrF4N7O. The van der Waals surface area contributed by atoms with Crippen LogP contribution >= 0.6 is 15.9 Å². The molecule has 34 heavy (non-hydrogen) atoms. The smallest absolute Gasteiger partial charge is 0.378 e. The molecule has 0 spiro atoms. The lowest BCUT2D eigenvalue weighted by Gasteiger charge is -2.27. The molecule has 0 atom stereocenters. The average Bonchev–Trinajstić information content (AvgIpc) is 2.82. The first-order valence-electron chi connectivity index (χ1n) is 10.1. The van der Waals surface area contributed by atoms with Crippen LogP contribution in [0.2, 0.25) is 0 Å². The zero-order valence-electron chi connectivity index (χ0n) is 17.6. The highest BCUT2D eigenvalue weighted by molar-refractivity contribution is 9.10. The number of morpholine rings is 1. The molecule has 2 aromatic heterocycles. The van der Waals surface area contributed by atoms with Gasteiger partial charge in [0.2, 0.25) is 0 Å². The van der Waals surface area contributed by atoms with E-state index in [1.54, 1.807) is 11.0 Å². The molecule has 0 unspecified atom stereocenters. The molecule has 4 rings (SSSR count). The molecule has 0 radical (unpaired) electrons. The Kier molecular flexibility index (Phi) is 7.32. The number of hydrogen-bond acceptors (Lipinski definition) is 8. The monoisotopic (exact) mass is 539 g/mol. The minimum Gasteiger partial charge on any atom is -0.378 e. The van der Waals surface area contributed by atoms with Crippen LogP contribution in [0.5, 0.6) is 0 Å². The standard InChI is InChI=1S/C21H18BrF4N7O/c22-16-9-15(27-12-18(16)30-14-3-1-2-13(8-14)21(24,25)26)10-29-32-20-28-11-17(23)19(31-20)33-4-6-34-7-5-33/h1-3,8-9,11-12,30H,4-7,10H2. The number of azo groups is 1. The fourth-order valence-corrected chi connectivity index (χ4v) is 3.61. The summed E-state index contributed by atoms with van der Waals surface area (Å²) in [6.07, 6.45) is -1.91. The van der Waals surface area contributed by atoms with E-state index in [1.165, 1.54) is 18.3 Å². The van der Waals surface area contributed by atoms with Crippen LogP contribution in [0.4, 0.5) is 40.7 Å². The lowest BCUT2D eigenvalue weighted by Crippen LogP contribution is -2.37. The highest BCUT2D eigenvalue weighted by Gasteiger charge is 2.30. The second-order valence-electron chi connectivity index (χ2n) is 7.20. The van der Waals surface area contributed by atoms with Crippen molar-refractivity contribution in [3.63, 3.8) is 0 Å². The van der Waals surface area contributed by atoms with Gasteiger partial charge < -0.3 is 15.0 Å². The first-order chi connectivity index (χ1) is 16.3. The van der Waals surface area contributed by atoms with Crippen LogP contribution in [-0.2, 0) is 17.5 Å². The molecule has 8 nitrogen and oxygen atoms in total. The second kappa shape index (κ2) is 10.4. The van der Waals surface area contributed by atoms with E-state index in [1.807, 2.05) is 0 Å². The number of ether oxygens (including phenoxy) is 1. The predicted octanol–water partition coefficient (Wildman–Crippen LogP) is 5.66. The molecule has 1 aliphatic heterocycles. The van der Waals surface area contributed by atoms with E-state index >= 15 is 0 Å². The van der Waals surface area contributed by atoms with Crippen molar-refractivity contribution in [2.75, 3.05) is 36.5 Å². The number of halogens is 5. The first-order valence-corrected chi connectivity index (χ1v) is 10.9. The molecule has 178 valence electrons. The van der Waals surface area contributed by atoms with E-state index in [0.717, 1.165) is 18.3 Å². The van der Waals surface area contributed by atoms with Crippen molar-refractivity contribution < 1.29 is 22.3 Å². The number of anilines is 3. The molecule has 0 bridgehead atoms. The number of benzene rings is 1. The number of aromatic nitrogens is 3. The Balaban J connectivity index is 1.41. The molecule has 0 saturated carbocycles. The van der Waals surface area contributed by atoms with Crippen molar-refractivity contribution in [1.29, 1.82) is 0 Å². The van der Waals surface area contributed by atoms with Gasteiger partial charge in [0.25, 0.3) is 5.95 Å². The van der Waals surface area contributed by atoms with Gasteiger partial charge in [-0.05, 0) is 40.2 Å². The Labute approximate surface area is 200 Å². The number of nitrogens with zero attached hydrogens (tertiary/aromatic N) is 6. The van der Waals surface area contributed by atoms with Crippen LogP contribution in [0.3, 0.4) is 0 Å². The van der Waals surface area contributed by atoms with Gasteiger partial charge in [-0.1, -0.05) is 6.07 Å². The van der Waals surface area contributed by atoms with Gasteiger partial charge in [-0.2, -0.15) is 23.3 Å². The van der Waals surface area contributed by atoms with Gasteiger partial charge in [0.15, 0.2) is 11.6 Å². The maximum atomic E-state index is 14.1. The molecule has 1 N–H and O–H groups in total. The van der Waals surface area contributed by atoms with Crippen LogP contribution in [0.25, 0.3) is 0 Å². The number of nitrogens with one attached hydrogen (secondary N) is 1. The van der Waals surface area contributed by atoms with Crippen molar-refractivity contribution in [2.45, 2.75) is 12.7 Å². The Morgan fingerprint density at radius 1 is 1.12 bits per heavy atom. The van der Waals surface area contributed by atoms with Crippen LogP contribution in [0.1, 0.15) is 11.3 Å². The van der Waals surface area contributed by atoms with Gasteiger partial charge in [0, 0.05) is 23.2 Å². The number of rotatable bonds is 6.